The van der Waals surface area contributed by atoms with E-state index in [2.05, 4.69) is 0 Å². The van der Waals surface area contributed by atoms with Gasteiger partial charge in [-0.15, -0.1) is 0 Å². The van der Waals surface area contributed by atoms with Gasteiger partial charge < -0.3 is 16.2 Å². The first-order valence-electron chi connectivity index (χ1n) is 4.82. The number of hydrogen-bond donors (Lipinski definition) is 2. The second kappa shape index (κ2) is 4.68. The van der Waals surface area contributed by atoms with Gasteiger partial charge in [0.15, 0.2) is 0 Å². The number of nitrogens with two attached hydrogens (primary N) is 2. The normalized spacial score (nSPS) is 10.3. The molecule has 0 unspecified atom stereocenters. The maximum Gasteiger partial charge on any atom is 0.338 e. The van der Waals surface area contributed by atoms with Crippen LogP contribution in [0.25, 0.3) is 0 Å². The summed E-state index contributed by atoms with van der Waals surface area (Å²) in [5.41, 5.74) is 12.5. The Morgan fingerprint density at radius 2 is 1.80 bits per heavy atom. The fourth-order valence-electron chi connectivity index (χ4n) is 1.12. The topological polar surface area (TPSA) is 78.3 Å². The van der Waals surface area contributed by atoms with Crippen molar-refractivity contribution in [1.82, 2.24) is 0 Å². The first-order valence-corrected chi connectivity index (χ1v) is 4.82. The number of carbonyl (C=O) groups excluding carboxylic acids is 1. The molecule has 4 heteroatoms. The Labute approximate surface area is 89.2 Å². The minimum absolute atomic E-state index is 0.312. The van der Waals surface area contributed by atoms with E-state index in [1.807, 2.05) is 13.8 Å². The summed E-state index contributed by atoms with van der Waals surface area (Å²) in [4.78, 5) is 11.5. The molecule has 4 N–H and O–H groups in total. The van der Waals surface area contributed by atoms with Crippen molar-refractivity contribution >= 4 is 17.3 Å². The van der Waals surface area contributed by atoms with Crippen molar-refractivity contribution in [2.24, 2.45) is 5.92 Å². The molecule has 0 saturated carbocycles. The third kappa shape index (κ3) is 3.50. The summed E-state index contributed by atoms with van der Waals surface area (Å²) in [6, 6.07) is 4.71. The number of nitrogen functional groups attached to an aromatic ring is 2. The Kier molecular flexibility index (Phi) is 3.55. The smallest absolute Gasteiger partial charge is 0.338 e. The van der Waals surface area contributed by atoms with Crippen LogP contribution in [0.1, 0.15) is 24.2 Å². The van der Waals surface area contributed by atoms with Crippen molar-refractivity contribution < 1.29 is 9.53 Å². The highest BCUT2D eigenvalue weighted by Crippen LogP contribution is 2.14. The molecule has 0 saturated heterocycles. The van der Waals surface area contributed by atoms with Gasteiger partial charge in [-0.3, -0.25) is 0 Å². The van der Waals surface area contributed by atoms with Gasteiger partial charge in [0.25, 0.3) is 0 Å². The molecular weight excluding hydrogens is 192 g/mol. The van der Waals surface area contributed by atoms with Gasteiger partial charge in [-0.25, -0.2) is 4.79 Å². The number of anilines is 2. The molecule has 0 aliphatic rings. The van der Waals surface area contributed by atoms with Crippen molar-refractivity contribution in [2.45, 2.75) is 13.8 Å². The summed E-state index contributed by atoms with van der Waals surface area (Å²) in [5, 5.41) is 0. The summed E-state index contributed by atoms with van der Waals surface area (Å²) in [7, 11) is 0. The molecule has 1 aromatic carbocycles. The minimum Gasteiger partial charge on any atom is -0.462 e. The maximum absolute atomic E-state index is 11.5. The molecule has 0 aliphatic heterocycles. The van der Waals surface area contributed by atoms with E-state index in [4.69, 9.17) is 16.2 Å². The number of carbonyl (C=O) groups is 1. The molecule has 0 radical (unpaired) electrons. The number of rotatable bonds is 3. The Morgan fingerprint density at radius 3 is 2.27 bits per heavy atom. The van der Waals surface area contributed by atoms with E-state index in [-0.39, 0.29) is 5.97 Å². The minimum atomic E-state index is -0.386. The average molecular weight is 208 g/mol. The number of esters is 1. The highest BCUT2D eigenvalue weighted by molar-refractivity contribution is 5.91. The summed E-state index contributed by atoms with van der Waals surface area (Å²) in [6.45, 7) is 4.34. The van der Waals surface area contributed by atoms with Gasteiger partial charge in [-0.1, -0.05) is 13.8 Å². The summed E-state index contributed by atoms with van der Waals surface area (Å²) >= 11 is 0. The molecule has 0 aromatic heterocycles. The lowest BCUT2D eigenvalue weighted by atomic mass is 10.2. The zero-order chi connectivity index (χ0) is 11.4. The standard InChI is InChI=1S/C11H16N2O2/c1-7(2)6-15-11(14)8-3-9(12)5-10(13)4-8/h3-5,7H,6,12-13H2,1-2H3. The molecule has 0 fully saturated rings. The van der Waals surface area contributed by atoms with Gasteiger partial charge >= 0.3 is 5.97 Å². The van der Waals surface area contributed by atoms with Gasteiger partial charge in [0.05, 0.1) is 12.2 Å². The molecule has 0 heterocycles. The van der Waals surface area contributed by atoms with Crippen molar-refractivity contribution in [3.8, 4) is 0 Å². The summed E-state index contributed by atoms with van der Waals surface area (Å²) in [6.07, 6.45) is 0. The van der Waals surface area contributed by atoms with Gasteiger partial charge in [0, 0.05) is 11.4 Å². The van der Waals surface area contributed by atoms with Crippen LogP contribution in [0.2, 0.25) is 0 Å². The van der Waals surface area contributed by atoms with E-state index in [1.165, 1.54) is 0 Å². The van der Waals surface area contributed by atoms with Gasteiger partial charge in [-0.05, 0) is 24.1 Å². The van der Waals surface area contributed by atoms with Crippen molar-refractivity contribution in [1.29, 1.82) is 0 Å². The lowest BCUT2D eigenvalue weighted by Gasteiger charge is -2.08. The Hall–Kier alpha value is -1.71. The average Bonchev–Trinajstić information content (AvgIpc) is 2.12. The quantitative estimate of drug-likeness (QED) is 0.585. The first-order chi connectivity index (χ1) is 6.99. The van der Waals surface area contributed by atoms with Crippen LogP contribution < -0.4 is 11.5 Å². The molecule has 0 amide bonds. The Morgan fingerprint density at radius 1 is 1.27 bits per heavy atom. The zero-order valence-corrected chi connectivity index (χ0v) is 8.99. The van der Waals surface area contributed by atoms with E-state index >= 15 is 0 Å². The van der Waals surface area contributed by atoms with Crippen LogP contribution in [0.15, 0.2) is 18.2 Å². The molecule has 0 aliphatic carbocycles. The SMILES string of the molecule is CC(C)COC(=O)c1cc(N)cc(N)c1. The van der Waals surface area contributed by atoms with Gasteiger partial charge in [-0.2, -0.15) is 0 Å². The van der Waals surface area contributed by atoms with E-state index < -0.39 is 0 Å². The summed E-state index contributed by atoms with van der Waals surface area (Å²) < 4.78 is 5.05. The van der Waals surface area contributed by atoms with Crippen molar-refractivity contribution in [3.05, 3.63) is 23.8 Å². The van der Waals surface area contributed by atoms with Crippen LogP contribution in [-0.4, -0.2) is 12.6 Å². The van der Waals surface area contributed by atoms with E-state index in [0.717, 1.165) is 0 Å². The highest BCUT2D eigenvalue weighted by atomic mass is 16.5. The van der Waals surface area contributed by atoms with Crippen LogP contribution in [0.3, 0.4) is 0 Å². The van der Waals surface area contributed by atoms with E-state index in [9.17, 15) is 4.79 Å². The molecule has 0 spiro atoms. The molecule has 0 atom stereocenters. The number of benzene rings is 1. The molecule has 82 valence electrons. The second-order valence-corrected chi connectivity index (χ2v) is 3.88. The Bertz CT molecular complexity index is 341. The van der Waals surface area contributed by atoms with E-state index in [1.54, 1.807) is 18.2 Å². The fraction of sp³-hybridized carbons (Fsp3) is 0.364. The molecule has 15 heavy (non-hydrogen) atoms. The highest BCUT2D eigenvalue weighted by Gasteiger charge is 2.09. The van der Waals surface area contributed by atoms with Crippen LogP contribution in [0.4, 0.5) is 11.4 Å². The van der Waals surface area contributed by atoms with Gasteiger partial charge in [0.2, 0.25) is 0 Å². The predicted octanol–water partition coefficient (Wildman–Crippen LogP) is 1.66. The molecular formula is C11H16N2O2. The summed E-state index contributed by atoms with van der Waals surface area (Å²) in [5.74, 6) is -0.0740. The Balaban J connectivity index is 2.73. The number of ether oxygens (including phenoxy) is 1. The van der Waals surface area contributed by atoms with Crippen LogP contribution in [-0.2, 0) is 4.74 Å². The van der Waals surface area contributed by atoms with Crippen molar-refractivity contribution in [3.63, 3.8) is 0 Å². The molecule has 4 nitrogen and oxygen atoms in total. The van der Waals surface area contributed by atoms with Gasteiger partial charge in [0.1, 0.15) is 0 Å². The fourth-order valence-corrected chi connectivity index (χ4v) is 1.12. The lowest BCUT2D eigenvalue weighted by molar-refractivity contribution is 0.0459. The third-order valence-electron chi connectivity index (χ3n) is 1.76. The van der Waals surface area contributed by atoms with Crippen LogP contribution in [0, 0.1) is 5.92 Å². The first kappa shape index (κ1) is 11.4. The zero-order valence-electron chi connectivity index (χ0n) is 8.99. The maximum atomic E-state index is 11.5. The predicted molar refractivity (Wildman–Crippen MR) is 60.4 cm³/mol. The van der Waals surface area contributed by atoms with Crippen LogP contribution >= 0.6 is 0 Å². The van der Waals surface area contributed by atoms with Crippen LogP contribution in [0.5, 0.6) is 0 Å². The second-order valence-electron chi connectivity index (χ2n) is 3.88. The molecule has 1 aromatic rings. The largest absolute Gasteiger partial charge is 0.462 e. The lowest BCUT2D eigenvalue weighted by Crippen LogP contribution is -2.10. The molecule has 1 rings (SSSR count). The monoisotopic (exact) mass is 208 g/mol. The third-order valence-corrected chi connectivity index (χ3v) is 1.76. The van der Waals surface area contributed by atoms with E-state index in [0.29, 0.717) is 29.5 Å². The number of hydrogen-bond acceptors (Lipinski definition) is 4. The molecule has 0 bridgehead atoms. The van der Waals surface area contributed by atoms with Crippen molar-refractivity contribution in [2.75, 3.05) is 18.1 Å².